The van der Waals surface area contributed by atoms with Crippen molar-refractivity contribution in [2.75, 3.05) is 13.7 Å². The molecule has 2 fully saturated rings. The number of benzene rings is 1. The number of nitrogens with one attached hydrogen (secondary N) is 1. The van der Waals surface area contributed by atoms with Crippen molar-refractivity contribution in [3.05, 3.63) is 59.4 Å². The summed E-state index contributed by atoms with van der Waals surface area (Å²) in [6.45, 7) is 0.742. The summed E-state index contributed by atoms with van der Waals surface area (Å²) in [5.41, 5.74) is 0.289. The number of rotatable bonds is 6. The molecule has 2 unspecified atom stereocenters. The molecular weight excluding hydrogens is 431 g/mol. The van der Waals surface area contributed by atoms with Gasteiger partial charge in [-0.3, -0.25) is 4.79 Å². The number of likely N-dealkylation sites (tertiary alicyclic amines) is 1. The van der Waals surface area contributed by atoms with Crippen LogP contribution in [0.2, 0.25) is 0 Å². The fraction of sp³-hybridized carbons (Fsp3) is 0.520. The Balaban J connectivity index is 1.55. The summed E-state index contributed by atoms with van der Waals surface area (Å²) < 4.78 is 44.8. The van der Waals surface area contributed by atoms with Gasteiger partial charge < -0.3 is 15.0 Å². The van der Waals surface area contributed by atoms with Gasteiger partial charge in [-0.25, -0.2) is 4.98 Å². The van der Waals surface area contributed by atoms with E-state index in [-0.39, 0.29) is 36.1 Å². The van der Waals surface area contributed by atoms with Gasteiger partial charge in [0.05, 0.1) is 18.8 Å². The van der Waals surface area contributed by atoms with Crippen molar-refractivity contribution in [3.63, 3.8) is 0 Å². The first kappa shape index (κ1) is 23.5. The normalized spacial score (nSPS) is 21.9. The molecule has 2 aromatic rings. The highest BCUT2D eigenvalue weighted by Gasteiger charge is 2.40. The molecule has 2 heterocycles. The lowest BCUT2D eigenvalue weighted by Crippen LogP contribution is -2.41. The van der Waals surface area contributed by atoms with Crippen LogP contribution in [0.25, 0.3) is 0 Å². The van der Waals surface area contributed by atoms with E-state index in [2.05, 4.69) is 10.3 Å². The maximum Gasteiger partial charge on any atom is 0.433 e. The first-order valence-corrected chi connectivity index (χ1v) is 11.6. The monoisotopic (exact) mass is 461 g/mol. The number of ether oxygens (including phenoxy) is 1. The number of carbonyl (C=O) groups excluding carboxylic acids is 1. The summed E-state index contributed by atoms with van der Waals surface area (Å²) in [5, 5.41) is 3.38. The van der Waals surface area contributed by atoms with Crippen LogP contribution < -0.4 is 10.1 Å². The summed E-state index contributed by atoms with van der Waals surface area (Å²) in [6, 6.07) is 11.8. The Kier molecular flexibility index (Phi) is 7.22. The van der Waals surface area contributed by atoms with Crippen LogP contribution in [0.1, 0.15) is 61.5 Å². The predicted octanol–water partition coefficient (Wildman–Crippen LogP) is 5.12. The Morgan fingerprint density at radius 2 is 1.82 bits per heavy atom. The molecule has 0 bridgehead atoms. The van der Waals surface area contributed by atoms with Gasteiger partial charge >= 0.3 is 6.18 Å². The fourth-order valence-corrected chi connectivity index (χ4v) is 5.09. The molecule has 1 saturated carbocycles. The largest absolute Gasteiger partial charge is 0.495 e. The number of carbonyl (C=O) groups is 1. The number of aromatic nitrogens is 1. The molecule has 1 aromatic carbocycles. The molecule has 8 heteroatoms. The van der Waals surface area contributed by atoms with Gasteiger partial charge in [-0.05, 0) is 37.0 Å². The van der Waals surface area contributed by atoms with Crippen LogP contribution in [-0.4, -0.2) is 35.5 Å². The Bertz CT molecular complexity index is 946. The van der Waals surface area contributed by atoms with Crippen molar-refractivity contribution >= 4 is 5.91 Å². The quantitative estimate of drug-likeness (QED) is 0.649. The molecule has 5 nitrogen and oxygen atoms in total. The molecule has 33 heavy (non-hydrogen) atoms. The maximum absolute atomic E-state index is 13.4. The van der Waals surface area contributed by atoms with Gasteiger partial charge in [-0.1, -0.05) is 49.6 Å². The van der Waals surface area contributed by atoms with E-state index in [4.69, 9.17) is 4.74 Å². The molecule has 178 valence electrons. The zero-order valence-electron chi connectivity index (χ0n) is 18.8. The Morgan fingerprint density at radius 1 is 1.09 bits per heavy atom. The second-order valence-electron chi connectivity index (χ2n) is 8.84. The minimum absolute atomic E-state index is 0.0638. The van der Waals surface area contributed by atoms with Crippen molar-refractivity contribution in [3.8, 4) is 5.75 Å². The second kappa shape index (κ2) is 10.1. The highest BCUT2D eigenvalue weighted by molar-refractivity contribution is 5.80. The summed E-state index contributed by atoms with van der Waals surface area (Å²) in [7, 11) is 1.42. The van der Waals surface area contributed by atoms with Gasteiger partial charge in [-0.2, -0.15) is 13.2 Å². The first-order chi connectivity index (χ1) is 15.9. The molecule has 2 atom stereocenters. The summed E-state index contributed by atoms with van der Waals surface area (Å²) in [4.78, 5) is 19.2. The Labute approximate surface area is 192 Å². The van der Waals surface area contributed by atoms with Gasteiger partial charge in [0.25, 0.3) is 0 Å². The van der Waals surface area contributed by atoms with Gasteiger partial charge in [0.15, 0.2) is 0 Å². The van der Waals surface area contributed by atoms with Crippen LogP contribution in [0.15, 0.2) is 42.5 Å². The number of amides is 1. The van der Waals surface area contributed by atoms with Gasteiger partial charge in [-0.15, -0.1) is 0 Å². The van der Waals surface area contributed by atoms with Crippen LogP contribution in [0, 0.1) is 5.92 Å². The van der Waals surface area contributed by atoms with Crippen LogP contribution in [0.3, 0.4) is 0 Å². The maximum atomic E-state index is 13.4. The molecule has 1 saturated heterocycles. The Hall–Kier alpha value is -2.61. The predicted molar refractivity (Wildman–Crippen MR) is 119 cm³/mol. The van der Waals surface area contributed by atoms with E-state index < -0.39 is 11.9 Å². The molecule has 4 rings (SSSR count). The second-order valence-corrected chi connectivity index (χ2v) is 8.84. The zero-order chi connectivity index (χ0) is 23.4. The van der Waals surface area contributed by atoms with E-state index in [0.717, 1.165) is 43.7 Å². The number of hydrogen-bond donors (Lipinski definition) is 1. The smallest absolute Gasteiger partial charge is 0.433 e. The molecule has 0 radical (unpaired) electrons. The van der Waals surface area contributed by atoms with Crippen molar-refractivity contribution in [1.82, 2.24) is 15.2 Å². The van der Waals surface area contributed by atoms with Crippen molar-refractivity contribution in [1.29, 1.82) is 0 Å². The lowest BCUT2D eigenvalue weighted by atomic mass is 9.87. The zero-order valence-corrected chi connectivity index (χ0v) is 18.8. The molecule has 0 spiro atoms. The average Bonchev–Trinajstić information content (AvgIpc) is 3.26. The number of alkyl halides is 3. The van der Waals surface area contributed by atoms with Crippen molar-refractivity contribution in [2.24, 2.45) is 5.92 Å². The van der Waals surface area contributed by atoms with Gasteiger partial charge in [0.1, 0.15) is 11.4 Å². The van der Waals surface area contributed by atoms with Gasteiger partial charge in [0, 0.05) is 25.0 Å². The van der Waals surface area contributed by atoms with Crippen molar-refractivity contribution < 1.29 is 22.7 Å². The highest BCUT2D eigenvalue weighted by atomic mass is 19.4. The molecule has 1 aliphatic heterocycles. The molecular formula is C25H30F3N3O2. The third kappa shape index (κ3) is 5.32. The number of hydrogen-bond acceptors (Lipinski definition) is 4. The number of methoxy groups -OCH3 is 1. The van der Waals surface area contributed by atoms with Crippen LogP contribution >= 0.6 is 0 Å². The van der Waals surface area contributed by atoms with E-state index in [1.807, 2.05) is 35.2 Å². The highest BCUT2D eigenvalue weighted by Crippen LogP contribution is 2.37. The van der Waals surface area contributed by atoms with E-state index >= 15 is 0 Å². The SMILES string of the molecule is COc1ccc(C(F)(F)F)nc1CNC1CCN(C(=O)C2CCCCC2)C1c1ccccc1. The molecule has 2 aliphatic rings. The lowest BCUT2D eigenvalue weighted by molar-refractivity contribution is -0.141. The third-order valence-electron chi connectivity index (χ3n) is 6.75. The van der Waals surface area contributed by atoms with E-state index in [9.17, 15) is 18.0 Å². The minimum atomic E-state index is -4.52. The minimum Gasteiger partial charge on any atom is -0.495 e. The van der Waals surface area contributed by atoms with Crippen LogP contribution in [0.5, 0.6) is 5.75 Å². The van der Waals surface area contributed by atoms with Crippen LogP contribution in [0.4, 0.5) is 13.2 Å². The summed E-state index contributed by atoms with van der Waals surface area (Å²) in [5.74, 6) is 0.566. The third-order valence-corrected chi connectivity index (χ3v) is 6.75. The van der Waals surface area contributed by atoms with Crippen LogP contribution in [-0.2, 0) is 17.5 Å². The average molecular weight is 462 g/mol. The lowest BCUT2D eigenvalue weighted by Gasteiger charge is -2.33. The summed E-state index contributed by atoms with van der Waals surface area (Å²) in [6.07, 6.45) is 1.41. The first-order valence-electron chi connectivity index (χ1n) is 11.6. The number of pyridine rings is 1. The number of halogens is 3. The van der Waals surface area contributed by atoms with E-state index in [1.54, 1.807) is 0 Å². The van der Waals surface area contributed by atoms with Crippen molar-refractivity contribution in [2.45, 2.75) is 63.3 Å². The number of nitrogens with zero attached hydrogens (tertiary/aromatic N) is 2. The molecule has 1 aromatic heterocycles. The molecule has 1 N–H and O–H groups in total. The van der Waals surface area contributed by atoms with E-state index in [0.29, 0.717) is 12.3 Å². The molecule has 1 aliphatic carbocycles. The standard InChI is InChI=1S/C25H30F3N3O2/c1-33-21-12-13-22(25(26,27)28)30-20(21)16-29-19-14-15-31(23(19)17-8-4-2-5-9-17)24(32)18-10-6-3-7-11-18/h2,4-5,8-9,12-13,18-19,23,29H,3,6-7,10-11,14-16H2,1H3. The molecule has 1 amide bonds. The fourth-order valence-electron chi connectivity index (χ4n) is 5.09. The topological polar surface area (TPSA) is 54.5 Å². The Morgan fingerprint density at radius 3 is 2.48 bits per heavy atom. The van der Waals surface area contributed by atoms with E-state index in [1.165, 1.54) is 19.6 Å². The van der Waals surface area contributed by atoms with Gasteiger partial charge in [0.2, 0.25) is 5.91 Å². The summed E-state index contributed by atoms with van der Waals surface area (Å²) >= 11 is 0.